The summed E-state index contributed by atoms with van der Waals surface area (Å²) in [7, 11) is 0. The Morgan fingerprint density at radius 2 is 0.738 bits per heavy atom. The van der Waals surface area contributed by atoms with E-state index in [-0.39, 0.29) is 0 Å². The molecule has 0 aliphatic carbocycles. The summed E-state index contributed by atoms with van der Waals surface area (Å²) in [4.78, 5) is 0. The summed E-state index contributed by atoms with van der Waals surface area (Å²) in [6, 6.07) is 0. The summed E-state index contributed by atoms with van der Waals surface area (Å²) in [5.41, 5.74) is 0. The van der Waals surface area contributed by atoms with Crippen LogP contribution in [-0.2, 0) is 0 Å². The van der Waals surface area contributed by atoms with Gasteiger partial charge in [-0.1, -0.05) is 169 Å². The molecule has 2 heteroatoms. The molecule has 0 radical (unpaired) electrons. The lowest BCUT2D eigenvalue weighted by molar-refractivity contribution is -0.801. The highest BCUT2D eigenvalue weighted by Crippen LogP contribution is 2.26. The minimum Gasteiger partial charge on any atom is -0.209 e. The highest BCUT2D eigenvalue weighted by atomic mass is 15.4. The Hall–Kier alpha value is -0.630. The molecule has 0 amide bonds. The Morgan fingerprint density at radius 1 is 0.405 bits per heavy atom. The quantitative estimate of drug-likeness (QED) is 0.0407. The van der Waals surface area contributed by atoms with Crippen molar-refractivity contribution < 1.29 is 9.06 Å². The van der Waals surface area contributed by atoms with Crippen molar-refractivity contribution in [2.45, 2.75) is 220 Å². The minimum absolute atomic E-state index is 1.21. The van der Waals surface area contributed by atoms with E-state index in [1.165, 1.54) is 217 Å². The highest BCUT2D eigenvalue weighted by molar-refractivity contribution is 5.72. The standard InChI is InChI=1S/C40H80N2/c1-5-9-13-17-21-23-25-29-33-38-42(37-32-28-24-22-18-14-10-6-2)39-36-41(35-31-27-20-16-12-8-4)40(42)34-30-26-19-15-11-7-3/h36,39H,5-35,37-38H2,1-4H3/q+2. The Kier molecular flexibility index (Phi) is 27.3. The maximum atomic E-state index is 2.75. The minimum atomic E-state index is 1.21. The third-order valence-electron chi connectivity index (χ3n) is 9.96. The number of quaternary nitrogens is 1. The number of rotatable bonds is 33. The van der Waals surface area contributed by atoms with E-state index in [0.717, 1.165) is 0 Å². The number of amidine groups is 1. The molecule has 1 heterocycles. The number of unbranched alkanes of at least 4 members (excludes halogenated alkanes) is 25. The molecule has 0 aromatic carbocycles. The molecule has 0 saturated carbocycles. The third kappa shape index (κ3) is 19.6. The number of hydrogen-bond donors (Lipinski definition) is 0. The van der Waals surface area contributed by atoms with Crippen LogP contribution in [0.3, 0.4) is 0 Å². The van der Waals surface area contributed by atoms with E-state index in [0.29, 0.717) is 0 Å². The molecule has 1 atom stereocenters. The van der Waals surface area contributed by atoms with Crippen molar-refractivity contribution in [3.05, 3.63) is 12.4 Å². The summed E-state index contributed by atoms with van der Waals surface area (Å²) >= 11 is 0. The maximum absolute atomic E-state index is 2.75. The first-order chi connectivity index (χ1) is 20.7. The molecule has 2 nitrogen and oxygen atoms in total. The topological polar surface area (TPSA) is 3.01 Å². The van der Waals surface area contributed by atoms with Gasteiger partial charge in [0.2, 0.25) is 6.20 Å². The van der Waals surface area contributed by atoms with Crippen LogP contribution in [0.4, 0.5) is 0 Å². The van der Waals surface area contributed by atoms with Gasteiger partial charge in [0, 0.05) is 6.42 Å². The van der Waals surface area contributed by atoms with Gasteiger partial charge in [-0.25, -0.2) is 4.48 Å². The largest absolute Gasteiger partial charge is 0.348 e. The van der Waals surface area contributed by atoms with Crippen LogP contribution in [0.1, 0.15) is 220 Å². The van der Waals surface area contributed by atoms with E-state index in [4.69, 9.17) is 0 Å². The van der Waals surface area contributed by atoms with Crippen molar-refractivity contribution in [2.24, 2.45) is 0 Å². The first-order valence-electron chi connectivity index (χ1n) is 19.9. The third-order valence-corrected chi connectivity index (χ3v) is 9.96. The summed E-state index contributed by atoms with van der Waals surface area (Å²) in [6.45, 7) is 13.3. The Bertz CT molecular complexity index is 636. The van der Waals surface area contributed by atoms with Crippen molar-refractivity contribution >= 4 is 5.84 Å². The van der Waals surface area contributed by atoms with E-state index in [9.17, 15) is 0 Å². The van der Waals surface area contributed by atoms with Gasteiger partial charge in [0.15, 0.2) is 12.7 Å². The van der Waals surface area contributed by atoms with Gasteiger partial charge in [-0.15, -0.1) is 0 Å². The van der Waals surface area contributed by atoms with Gasteiger partial charge < -0.3 is 0 Å². The van der Waals surface area contributed by atoms with Crippen LogP contribution in [0.5, 0.6) is 0 Å². The number of nitrogens with zero attached hydrogens (tertiary/aromatic N) is 2. The molecule has 0 aromatic heterocycles. The summed E-state index contributed by atoms with van der Waals surface area (Å²) in [5.74, 6) is 1.78. The van der Waals surface area contributed by atoms with Crippen molar-refractivity contribution in [3.63, 3.8) is 0 Å². The fourth-order valence-electron chi connectivity index (χ4n) is 7.08. The second kappa shape index (κ2) is 29.1. The molecule has 0 fully saturated rings. The SMILES string of the molecule is CCCCCCCCCCC[N+]1(CCCCCCCCCC)C=C[N+](CCCCCCCC)=C1CCCCCCCC. The van der Waals surface area contributed by atoms with Crippen LogP contribution in [0.15, 0.2) is 12.4 Å². The normalized spacial score (nSPS) is 16.8. The fourth-order valence-corrected chi connectivity index (χ4v) is 7.08. The predicted octanol–water partition coefficient (Wildman–Crippen LogP) is 13.5. The van der Waals surface area contributed by atoms with Gasteiger partial charge in [0.25, 0.3) is 0 Å². The van der Waals surface area contributed by atoms with Crippen molar-refractivity contribution in [2.75, 3.05) is 19.6 Å². The molecule has 1 rings (SSSR count). The smallest absolute Gasteiger partial charge is 0.209 e. The predicted molar refractivity (Wildman–Crippen MR) is 190 cm³/mol. The van der Waals surface area contributed by atoms with E-state index in [1.54, 1.807) is 5.84 Å². The van der Waals surface area contributed by atoms with Crippen molar-refractivity contribution in [1.82, 2.24) is 0 Å². The van der Waals surface area contributed by atoms with Crippen LogP contribution in [0.25, 0.3) is 0 Å². The van der Waals surface area contributed by atoms with Gasteiger partial charge in [-0.2, -0.15) is 4.58 Å². The van der Waals surface area contributed by atoms with Crippen LogP contribution < -0.4 is 0 Å². The van der Waals surface area contributed by atoms with E-state index in [1.807, 2.05) is 0 Å². The molecule has 1 unspecified atom stereocenters. The Morgan fingerprint density at radius 3 is 1.14 bits per heavy atom. The van der Waals surface area contributed by atoms with E-state index >= 15 is 0 Å². The van der Waals surface area contributed by atoms with E-state index in [2.05, 4.69) is 44.7 Å². The lowest BCUT2D eigenvalue weighted by Crippen LogP contribution is -2.50. The molecule has 42 heavy (non-hydrogen) atoms. The van der Waals surface area contributed by atoms with Gasteiger partial charge in [-0.3, -0.25) is 0 Å². The highest BCUT2D eigenvalue weighted by Gasteiger charge is 2.42. The zero-order chi connectivity index (χ0) is 30.4. The van der Waals surface area contributed by atoms with Crippen LogP contribution in [0, 0.1) is 0 Å². The molecule has 0 N–H and O–H groups in total. The Balaban J connectivity index is 2.77. The molecule has 0 spiro atoms. The molecular weight excluding hydrogens is 508 g/mol. The lowest BCUT2D eigenvalue weighted by atomic mass is 10.0. The molecule has 248 valence electrons. The van der Waals surface area contributed by atoms with Gasteiger partial charge in [0.1, 0.15) is 0 Å². The second-order valence-corrected chi connectivity index (χ2v) is 14.0. The second-order valence-electron chi connectivity index (χ2n) is 14.0. The molecule has 0 bridgehead atoms. The van der Waals surface area contributed by atoms with Crippen molar-refractivity contribution in [1.29, 1.82) is 0 Å². The van der Waals surface area contributed by atoms with Gasteiger partial charge >= 0.3 is 5.84 Å². The fraction of sp³-hybridized carbons (Fsp3) is 0.925. The first-order valence-corrected chi connectivity index (χ1v) is 19.9. The zero-order valence-corrected chi connectivity index (χ0v) is 29.9. The molecule has 1 aliphatic heterocycles. The van der Waals surface area contributed by atoms with Gasteiger partial charge in [0.05, 0.1) is 19.5 Å². The lowest BCUT2D eigenvalue weighted by Gasteiger charge is -2.29. The maximum Gasteiger partial charge on any atom is 0.348 e. The average Bonchev–Trinajstić information content (AvgIpc) is 3.34. The monoisotopic (exact) mass is 589 g/mol. The summed E-state index contributed by atoms with van der Waals surface area (Å²) < 4.78 is 3.96. The van der Waals surface area contributed by atoms with Crippen LogP contribution >= 0.6 is 0 Å². The molecule has 1 aliphatic rings. The van der Waals surface area contributed by atoms with Crippen molar-refractivity contribution in [3.8, 4) is 0 Å². The summed E-state index contributed by atoms with van der Waals surface area (Å²) in [5, 5.41) is 0. The first kappa shape index (κ1) is 39.4. The van der Waals surface area contributed by atoms with Crippen LogP contribution in [0.2, 0.25) is 0 Å². The summed E-state index contributed by atoms with van der Waals surface area (Å²) in [6.07, 6.45) is 47.7. The average molecular weight is 589 g/mol. The molecular formula is C40H80N2+2. The molecule has 0 saturated heterocycles. The zero-order valence-electron chi connectivity index (χ0n) is 29.9. The Labute approximate surface area is 266 Å². The van der Waals surface area contributed by atoms with E-state index < -0.39 is 0 Å². The van der Waals surface area contributed by atoms with Crippen LogP contribution in [-0.4, -0.2) is 34.5 Å². The molecule has 0 aromatic rings. The van der Waals surface area contributed by atoms with Gasteiger partial charge in [-0.05, 0) is 38.5 Å². The number of hydrogen-bond acceptors (Lipinski definition) is 0.